The Balaban J connectivity index is 0. The number of hydrogen-bond donors (Lipinski definition) is 2. The molecule has 0 bridgehead atoms. The summed E-state index contributed by atoms with van der Waals surface area (Å²) in [5, 5.41) is 3.40. The van der Waals surface area contributed by atoms with E-state index < -0.39 is 0 Å². The molecule has 2 atom stereocenters. The van der Waals surface area contributed by atoms with Crippen molar-refractivity contribution in [2.75, 3.05) is 6.54 Å². The van der Waals surface area contributed by atoms with Crippen molar-refractivity contribution >= 4 is 24.8 Å². The molecule has 5 heteroatoms. The van der Waals surface area contributed by atoms with Gasteiger partial charge in [0.2, 0.25) is 0 Å². The van der Waals surface area contributed by atoms with Crippen LogP contribution in [0.1, 0.15) is 26.2 Å². The molecule has 1 aliphatic rings. The molecule has 0 spiro atoms. The molecule has 1 aliphatic heterocycles. The van der Waals surface area contributed by atoms with Gasteiger partial charge in [0.15, 0.2) is 0 Å². The van der Waals surface area contributed by atoms with Gasteiger partial charge in [-0.15, -0.1) is 24.8 Å². The third-order valence-corrected chi connectivity index (χ3v) is 2.13. The maximum Gasteiger partial charge on any atom is 0.0814 e. The molecule has 0 saturated carbocycles. The number of hydrogen-bond acceptors (Lipinski definition) is 3. The summed E-state index contributed by atoms with van der Waals surface area (Å²) >= 11 is 0. The Morgan fingerprint density at radius 3 is 2.67 bits per heavy atom. The summed E-state index contributed by atoms with van der Waals surface area (Å²) in [6.45, 7) is 3.22. The van der Waals surface area contributed by atoms with Gasteiger partial charge in [-0.1, -0.05) is 6.92 Å². The first-order valence-electron chi connectivity index (χ1n) is 3.95. The van der Waals surface area contributed by atoms with E-state index in [2.05, 4.69) is 12.2 Å². The van der Waals surface area contributed by atoms with Crippen LogP contribution in [0, 0.1) is 0 Å². The summed E-state index contributed by atoms with van der Waals surface area (Å²) in [6, 6.07) is 0.613. The van der Waals surface area contributed by atoms with E-state index in [0.717, 1.165) is 19.4 Å². The lowest BCUT2D eigenvalue weighted by atomic mass is 10.0. The molecule has 0 aromatic carbocycles. The molecule has 0 aromatic heterocycles. The smallest absolute Gasteiger partial charge is 0.0814 e. The van der Waals surface area contributed by atoms with E-state index in [4.69, 9.17) is 10.7 Å². The monoisotopic (exact) mass is 216 g/mol. The van der Waals surface area contributed by atoms with Gasteiger partial charge in [-0.25, -0.2) is 5.90 Å². The van der Waals surface area contributed by atoms with Crippen molar-refractivity contribution < 1.29 is 4.84 Å². The Morgan fingerprint density at radius 2 is 2.17 bits per heavy atom. The maximum atomic E-state index is 5.09. The zero-order valence-corrected chi connectivity index (χ0v) is 8.92. The fourth-order valence-corrected chi connectivity index (χ4v) is 1.40. The van der Waals surface area contributed by atoms with E-state index in [-0.39, 0.29) is 30.9 Å². The maximum absolute atomic E-state index is 5.09. The summed E-state index contributed by atoms with van der Waals surface area (Å²) in [7, 11) is 0. The molecule has 1 saturated heterocycles. The lowest BCUT2D eigenvalue weighted by Gasteiger charge is -2.27. The van der Waals surface area contributed by atoms with Crippen molar-refractivity contribution in [1.82, 2.24) is 5.32 Å². The molecule has 3 nitrogen and oxygen atoms in total. The van der Waals surface area contributed by atoms with Gasteiger partial charge < -0.3 is 10.2 Å². The van der Waals surface area contributed by atoms with Crippen LogP contribution in [0.3, 0.4) is 0 Å². The van der Waals surface area contributed by atoms with Crippen molar-refractivity contribution in [2.45, 2.75) is 38.3 Å². The summed E-state index contributed by atoms with van der Waals surface area (Å²) in [6.07, 6.45) is 3.56. The van der Waals surface area contributed by atoms with Crippen LogP contribution in [-0.2, 0) is 4.84 Å². The van der Waals surface area contributed by atoms with E-state index in [9.17, 15) is 0 Å². The zero-order valence-electron chi connectivity index (χ0n) is 7.29. The van der Waals surface area contributed by atoms with Gasteiger partial charge in [0.1, 0.15) is 0 Å². The van der Waals surface area contributed by atoms with Crippen LogP contribution in [-0.4, -0.2) is 18.7 Å². The molecule has 1 heterocycles. The molecule has 1 fully saturated rings. The molecule has 12 heavy (non-hydrogen) atoms. The summed E-state index contributed by atoms with van der Waals surface area (Å²) in [5.74, 6) is 5.09. The van der Waals surface area contributed by atoms with Crippen LogP contribution >= 0.6 is 24.8 Å². The molecule has 0 amide bonds. The third kappa shape index (κ3) is 4.48. The van der Waals surface area contributed by atoms with Crippen LogP contribution in [0.15, 0.2) is 0 Å². The number of nitrogens with one attached hydrogen (secondary N) is 1. The Hall–Kier alpha value is 0.460. The van der Waals surface area contributed by atoms with Gasteiger partial charge in [0.25, 0.3) is 0 Å². The lowest BCUT2D eigenvalue weighted by molar-refractivity contribution is 0.0209. The van der Waals surface area contributed by atoms with Crippen molar-refractivity contribution in [3.8, 4) is 0 Å². The molecule has 1 rings (SSSR count). The van der Waals surface area contributed by atoms with Crippen molar-refractivity contribution in [2.24, 2.45) is 5.90 Å². The van der Waals surface area contributed by atoms with Gasteiger partial charge in [-0.2, -0.15) is 0 Å². The molecule has 0 aliphatic carbocycles. The number of piperidine rings is 1. The van der Waals surface area contributed by atoms with Gasteiger partial charge in [-0.05, 0) is 25.8 Å². The predicted molar refractivity (Wildman–Crippen MR) is 54.9 cm³/mol. The first kappa shape index (κ1) is 15.0. The van der Waals surface area contributed by atoms with Gasteiger partial charge in [-0.3, -0.25) is 0 Å². The number of nitrogens with two attached hydrogens (primary N) is 1. The van der Waals surface area contributed by atoms with Crippen LogP contribution in [0.2, 0.25) is 0 Å². The highest BCUT2D eigenvalue weighted by atomic mass is 35.5. The summed E-state index contributed by atoms with van der Waals surface area (Å²) < 4.78 is 0. The van der Waals surface area contributed by atoms with E-state index in [1.807, 2.05) is 0 Å². The molecule has 0 radical (unpaired) electrons. The van der Waals surface area contributed by atoms with Crippen LogP contribution in [0.5, 0.6) is 0 Å². The van der Waals surface area contributed by atoms with Crippen molar-refractivity contribution in [3.63, 3.8) is 0 Å². The first-order valence-corrected chi connectivity index (χ1v) is 3.95. The SMILES string of the molecule is CC[C@@H]1C[C@@H](ON)CCN1.Cl.Cl. The standard InChI is InChI=1S/C7H16N2O.2ClH/c1-2-6-5-7(10-8)3-4-9-6;;/h6-7,9H,2-5,8H2,1H3;2*1H/t6-,7+;;/m1../s1. The second-order valence-corrected chi connectivity index (χ2v) is 2.84. The highest BCUT2D eigenvalue weighted by Gasteiger charge is 2.19. The first-order chi connectivity index (χ1) is 4.86. The quantitative estimate of drug-likeness (QED) is 0.684. The van der Waals surface area contributed by atoms with Gasteiger partial charge >= 0.3 is 0 Å². The predicted octanol–water partition coefficient (Wildman–Crippen LogP) is 1.25. The average Bonchev–Trinajstić information content (AvgIpc) is 2.05. The second-order valence-electron chi connectivity index (χ2n) is 2.84. The highest BCUT2D eigenvalue weighted by Crippen LogP contribution is 2.12. The Labute approximate surface area is 86.2 Å². The zero-order chi connectivity index (χ0) is 7.40. The number of rotatable bonds is 2. The molecule has 3 N–H and O–H groups in total. The van der Waals surface area contributed by atoms with Crippen molar-refractivity contribution in [1.29, 1.82) is 0 Å². The minimum atomic E-state index is 0. The molecular weight excluding hydrogens is 199 g/mol. The van der Waals surface area contributed by atoms with Crippen LogP contribution in [0.4, 0.5) is 0 Å². The minimum absolute atomic E-state index is 0. The Bertz CT molecular complexity index is 95.4. The largest absolute Gasteiger partial charge is 0.314 e. The summed E-state index contributed by atoms with van der Waals surface area (Å²) in [4.78, 5) is 4.78. The van der Waals surface area contributed by atoms with E-state index in [1.165, 1.54) is 6.42 Å². The minimum Gasteiger partial charge on any atom is -0.314 e. The Kier molecular flexibility index (Phi) is 10.1. The molecular formula is C7H18Cl2N2O. The number of halogens is 2. The third-order valence-electron chi connectivity index (χ3n) is 2.13. The van der Waals surface area contributed by atoms with Gasteiger partial charge in [0, 0.05) is 6.04 Å². The van der Waals surface area contributed by atoms with Crippen LogP contribution < -0.4 is 11.2 Å². The Morgan fingerprint density at radius 1 is 1.50 bits per heavy atom. The fraction of sp³-hybridized carbons (Fsp3) is 1.00. The van der Waals surface area contributed by atoms with Crippen LogP contribution in [0.25, 0.3) is 0 Å². The van der Waals surface area contributed by atoms with Gasteiger partial charge in [0.05, 0.1) is 6.10 Å². The molecule has 0 aromatic rings. The van der Waals surface area contributed by atoms with E-state index >= 15 is 0 Å². The summed E-state index contributed by atoms with van der Waals surface area (Å²) in [5.41, 5.74) is 0. The van der Waals surface area contributed by atoms with Crippen molar-refractivity contribution in [3.05, 3.63) is 0 Å². The molecule has 76 valence electrons. The second kappa shape index (κ2) is 8.08. The lowest BCUT2D eigenvalue weighted by Crippen LogP contribution is -2.41. The normalized spacial score (nSPS) is 28.5. The fourth-order valence-electron chi connectivity index (χ4n) is 1.40. The topological polar surface area (TPSA) is 47.3 Å². The van der Waals surface area contributed by atoms with E-state index in [0.29, 0.717) is 6.04 Å². The average molecular weight is 217 g/mol. The highest BCUT2D eigenvalue weighted by molar-refractivity contribution is 5.85. The van der Waals surface area contributed by atoms with E-state index in [1.54, 1.807) is 0 Å². The molecule has 0 unspecified atom stereocenters.